The average molecular weight is 1010 g/mol. The molecule has 372 valence electrons. The van der Waals surface area contributed by atoms with Crippen LogP contribution in [0.2, 0.25) is 0 Å². The molecule has 0 saturated heterocycles. The maximum absolute atomic E-state index is 6.99. The Balaban J connectivity index is 0.802. The Morgan fingerprint density at radius 2 is 0.513 bits per heavy atom. The Kier molecular flexibility index (Phi) is 9.62. The summed E-state index contributed by atoms with van der Waals surface area (Å²) in [7, 11) is 0. The van der Waals surface area contributed by atoms with Gasteiger partial charge in [-0.1, -0.05) is 100 Å². The third kappa shape index (κ3) is 6.89. The molecule has 16 aromatic rings. The van der Waals surface area contributed by atoms with Crippen molar-refractivity contribution in [1.29, 1.82) is 0 Å². The van der Waals surface area contributed by atoms with E-state index in [2.05, 4.69) is 256 Å². The van der Waals surface area contributed by atoms with Crippen molar-refractivity contribution in [3.05, 3.63) is 230 Å². The number of hydrogen-bond acceptors (Lipinski definition) is 6. The van der Waals surface area contributed by atoms with Gasteiger partial charge in [0.2, 0.25) is 0 Å². The summed E-state index contributed by atoms with van der Waals surface area (Å²) in [5, 5.41) is 15.3. The van der Waals surface area contributed by atoms with E-state index in [0.717, 1.165) is 143 Å². The second-order valence-corrected chi connectivity index (χ2v) is 21.7. The molecule has 6 heteroatoms. The molecule has 0 bridgehead atoms. The third-order valence-electron chi connectivity index (χ3n) is 16.4. The van der Waals surface area contributed by atoms with Crippen molar-refractivity contribution in [2.24, 2.45) is 0 Å². The fourth-order valence-electron chi connectivity index (χ4n) is 12.2. The predicted molar refractivity (Wildman–Crippen MR) is 326 cm³/mol. The van der Waals surface area contributed by atoms with Crippen LogP contribution < -0.4 is 9.80 Å². The molecule has 16 rings (SSSR count). The highest BCUT2D eigenvalue weighted by atomic mass is 16.3. The molecule has 12 aromatic carbocycles. The van der Waals surface area contributed by atoms with Gasteiger partial charge in [-0.25, -0.2) is 0 Å². The largest absolute Gasteiger partial charge is 0.456 e. The SMILES string of the molecule is CC(C)c1ccc(N(c2ccc3c(c2)oc2cc4ccccc4cc23)c2ccc3c(c2)oc2c3ccc3c2ccc2c4ccc(N(c5ccc(C(C)C)cc5)c5ccc6c(c5)oc5cc7ccccc7cc56)cc4oc23)cc1. The molecule has 4 heterocycles. The monoisotopic (exact) mass is 1010 g/mol. The van der Waals surface area contributed by atoms with Gasteiger partial charge in [0, 0.05) is 112 Å². The van der Waals surface area contributed by atoms with E-state index in [1.165, 1.54) is 21.9 Å². The van der Waals surface area contributed by atoms with Gasteiger partial charge in [-0.15, -0.1) is 0 Å². The van der Waals surface area contributed by atoms with Gasteiger partial charge in [-0.3, -0.25) is 0 Å². The highest BCUT2D eigenvalue weighted by Crippen LogP contribution is 2.46. The van der Waals surface area contributed by atoms with Crippen molar-refractivity contribution in [2.45, 2.75) is 39.5 Å². The average Bonchev–Trinajstić information content (AvgIpc) is 4.43. The first-order valence-electron chi connectivity index (χ1n) is 27.0. The quantitative estimate of drug-likeness (QED) is 0.151. The Morgan fingerprint density at radius 3 is 0.859 bits per heavy atom. The molecule has 0 radical (unpaired) electrons. The Labute approximate surface area is 448 Å². The van der Waals surface area contributed by atoms with Crippen LogP contribution in [0.25, 0.3) is 120 Å². The van der Waals surface area contributed by atoms with Gasteiger partial charge in [0.15, 0.2) is 0 Å². The molecular formula is C72H50N2O4. The second-order valence-electron chi connectivity index (χ2n) is 21.7. The first kappa shape index (κ1) is 44.5. The summed E-state index contributed by atoms with van der Waals surface area (Å²) in [6, 6.07) is 78.4. The van der Waals surface area contributed by atoms with Crippen LogP contribution in [-0.4, -0.2) is 0 Å². The second kappa shape index (κ2) is 16.9. The molecule has 6 nitrogen and oxygen atoms in total. The molecule has 4 aromatic heterocycles. The normalized spacial score (nSPS) is 12.3. The van der Waals surface area contributed by atoms with Crippen LogP contribution >= 0.6 is 0 Å². The van der Waals surface area contributed by atoms with Crippen molar-refractivity contribution in [1.82, 2.24) is 0 Å². The number of furan rings is 4. The molecule has 78 heavy (non-hydrogen) atoms. The summed E-state index contributed by atoms with van der Waals surface area (Å²) in [5.74, 6) is 0.827. The van der Waals surface area contributed by atoms with Crippen molar-refractivity contribution in [2.75, 3.05) is 9.80 Å². The first-order valence-corrected chi connectivity index (χ1v) is 27.0. The summed E-state index contributed by atoms with van der Waals surface area (Å²) < 4.78 is 27.2. The minimum atomic E-state index is 0.413. The maximum atomic E-state index is 6.99. The smallest absolute Gasteiger partial charge is 0.143 e. The van der Waals surface area contributed by atoms with Crippen LogP contribution in [0, 0.1) is 0 Å². The van der Waals surface area contributed by atoms with Gasteiger partial charge in [-0.05, 0) is 166 Å². The van der Waals surface area contributed by atoms with Gasteiger partial charge in [-0.2, -0.15) is 0 Å². The lowest BCUT2D eigenvalue weighted by Gasteiger charge is -2.26. The number of hydrogen-bond donors (Lipinski definition) is 0. The molecule has 0 fully saturated rings. The minimum Gasteiger partial charge on any atom is -0.456 e. The minimum absolute atomic E-state index is 0.413. The van der Waals surface area contributed by atoms with E-state index in [-0.39, 0.29) is 0 Å². The molecule has 0 saturated carbocycles. The van der Waals surface area contributed by atoms with E-state index in [4.69, 9.17) is 17.7 Å². The molecule has 0 aliphatic heterocycles. The zero-order valence-corrected chi connectivity index (χ0v) is 43.5. The van der Waals surface area contributed by atoms with Gasteiger partial charge in [0.25, 0.3) is 0 Å². The lowest BCUT2D eigenvalue weighted by atomic mass is 10.0. The Hall–Kier alpha value is -9.78. The molecule has 0 N–H and O–H groups in total. The maximum Gasteiger partial charge on any atom is 0.143 e. The van der Waals surface area contributed by atoms with E-state index in [9.17, 15) is 0 Å². The molecule has 0 atom stereocenters. The van der Waals surface area contributed by atoms with E-state index >= 15 is 0 Å². The molecule has 0 amide bonds. The van der Waals surface area contributed by atoms with E-state index in [1.54, 1.807) is 0 Å². The summed E-state index contributed by atoms with van der Waals surface area (Å²) in [4.78, 5) is 4.59. The van der Waals surface area contributed by atoms with E-state index in [1.807, 2.05) is 0 Å². The number of nitrogens with zero attached hydrogens (tertiary/aromatic N) is 2. The summed E-state index contributed by atoms with van der Waals surface area (Å²) in [5.41, 5.74) is 15.3. The summed E-state index contributed by atoms with van der Waals surface area (Å²) in [6.45, 7) is 8.92. The van der Waals surface area contributed by atoms with Crippen molar-refractivity contribution in [3.63, 3.8) is 0 Å². The Bertz CT molecular complexity index is 4790. The van der Waals surface area contributed by atoms with Gasteiger partial charge < -0.3 is 27.5 Å². The molecule has 0 unspecified atom stereocenters. The van der Waals surface area contributed by atoms with Crippen LogP contribution in [-0.2, 0) is 0 Å². The lowest BCUT2D eigenvalue weighted by Crippen LogP contribution is -2.10. The molecular weight excluding hydrogens is 957 g/mol. The number of anilines is 6. The van der Waals surface area contributed by atoms with Crippen molar-refractivity contribution >= 4 is 154 Å². The predicted octanol–water partition coefficient (Wildman–Crippen LogP) is 21.9. The standard InChI is InChI=1S/C72H50N2O4/c1-41(2)43-13-17-49(18-14-43)73(51-23-27-57-63-33-45-9-5-7-11-47(45)35-65(63)75-67(57)37-51)53-21-25-55-59-29-31-62-61(71(59)77-69(55)39-53)32-30-60-56-26-22-54(40-70(56)78-72(60)62)74(50-19-15-44(16-20-50)42(3)4)52-24-28-58-64-34-46-10-6-8-12-48(46)36-66(64)76-68(58)38-52/h5-42H,1-4H3. The molecule has 0 aliphatic rings. The van der Waals surface area contributed by atoms with Crippen LogP contribution in [0.5, 0.6) is 0 Å². The zero-order valence-electron chi connectivity index (χ0n) is 43.5. The number of rotatable bonds is 8. The number of benzene rings is 12. The van der Waals surface area contributed by atoms with Crippen molar-refractivity contribution < 1.29 is 17.7 Å². The highest BCUT2D eigenvalue weighted by Gasteiger charge is 2.23. The third-order valence-corrected chi connectivity index (χ3v) is 16.4. The van der Waals surface area contributed by atoms with Crippen LogP contribution in [0.1, 0.15) is 50.7 Å². The summed E-state index contributed by atoms with van der Waals surface area (Å²) >= 11 is 0. The first-order chi connectivity index (χ1) is 38.2. The Morgan fingerprint density at radius 1 is 0.244 bits per heavy atom. The lowest BCUT2D eigenvalue weighted by molar-refractivity contribution is 0.669. The van der Waals surface area contributed by atoms with Gasteiger partial charge in [0.1, 0.15) is 44.7 Å². The molecule has 0 spiro atoms. The van der Waals surface area contributed by atoms with E-state index in [0.29, 0.717) is 11.8 Å². The fourth-order valence-corrected chi connectivity index (χ4v) is 12.2. The van der Waals surface area contributed by atoms with Gasteiger partial charge in [0.05, 0.1) is 0 Å². The zero-order chi connectivity index (χ0) is 51.9. The van der Waals surface area contributed by atoms with Crippen LogP contribution in [0.4, 0.5) is 34.1 Å². The van der Waals surface area contributed by atoms with Gasteiger partial charge >= 0.3 is 0 Å². The highest BCUT2D eigenvalue weighted by molar-refractivity contribution is 6.23. The summed E-state index contributed by atoms with van der Waals surface area (Å²) in [6.07, 6.45) is 0. The molecule has 0 aliphatic carbocycles. The van der Waals surface area contributed by atoms with Crippen LogP contribution in [0.3, 0.4) is 0 Å². The van der Waals surface area contributed by atoms with Crippen LogP contribution in [0.15, 0.2) is 236 Å². The van der Waals surface area contributed by atoms with E-state index < -0.39 is 0 Å². The topological polar surface area (TPSA) is 59.0 Å². The number of fused-ring (bicyclic) bond motifs is 17. The fraction of sp³-hybridized carbons (Fsp3) is 0.0833. The van der Waals surface area contributed by atoms with Crippen molar-refractivity contribution in [3.8, 4) is 0 Å².